The van der Waals surface area contributed by atoms with Gasteiger partial charge in [-0.05, 0) is 61.3 Å². The number of carbonyl (C=O) groups is 1. The Morgan fingerprint density at radius 1 is 1.50 bits per heavy atom. The topological polar surface area (TPSA) is 71.9 Å². The molecule has 1 aliphatic heterocycles. The summed E-state index contributed by atoms with van der Waals surface area (Å²) in [5, 5.41) is 10.3. The van der Waals surface area contributed by atoms with Crippen LogP contribution >= 0.6 is 27.5 Å². The Labute approximate surface area is 155 Å². The van der Waals surface area contributed by atoms with Crippen molar-refractivity contribution in [1.82, 2.24) is 9.88 Å². The Balaban J connectivity index is 2.23. The molecule has 3 atom stereocenters. The van der Waals surface area contributed by atoms with Gasteiger partial charge >= 0.3 is 6.09 Å². The average Bonchev–Trinajstić information content (AvgIpc) is 2.43. The molecule has 0 bridgehead atoms. The van der Waals surface area contributed by atoms with Crippen molar-refractivity contribution < 1.29 is 19.4 Å². The van der Waals surface area contributed by atoms with Crippen molar-refractivity contribution in [1.29, 1.82) is 0 Å². The van der Waals surface area contributed by atoms with Crippen molar-refractivity contribution >= 4 is 33.6 Å². The molecule has 0 spiro atoms. The lowest BCUT2D eigenvalue weighted by Gasteiger charge is -2.39. The summed E-state index contributed by atoms with van der Waals surface area (Å²) in [7, 11) is 0. The van der Waals surface area contributed by atoms with Crippen LogP contribution in [0.4, 0.5) is 4.79 Å². The Hall–Kier alpha value is -0.890. The van der Waals surface area contributed by atoms with Crippen molar-refractivity contribution in [3.8, 4) is 0 Å². The van der Waals surface area contributed by atoms with E-state index in [4.69, 9.17) is 21.1 Å². The molecule has 8 heteroatoms. The third kappa shape index (κ3) is 5.31. The Morgan fingerprint density at radius 2 is 2.17 bits per heavy atom. The molecule has 0 aromatic carbocycles. The highest BCUT2D eigenvalue weighted by Gasteiger charge is 2.35. The zero-order valence-corrected chi connectivity index (χ0v) is 16.5. The van der Waals surface area contributed by atoms with Crippen LogP contribution in [-0.2, 0) is 9.47 Å². The highest BCUT2D eigenvalue weighted by Crippen LogP contribution is 2.30. The molecule has 1 aromatic heterocycles. The number of nitrogens with zero attached hydrogens (tertiary/aromatic N) is 2. The molecule has 0 aliphatic carbocycles. The van der Waals surface area contributed by atoms with E-state index in [0.29, 0.717) is 16.3 Å². The van der Waals surface area contributed by atoms with Crippen LogP contribution < -0.4 is 0 Å². The lowest BCUT2D eigenvalue weighted by atomic mass is 10.1. The van der Waals surface area contributed by atoms with Gasteiger partial charge < -0.3 is 19.5 Å². The van der Waals surface area contributed by atoms with Crippen molar-refractivity contribution in [2.24, 2.45) is 0 Å². The van der Waals surface area contributed by atoms with Crippen LogP contribution in [0.5, 0.6) is 0 Å². The molecule has 1 aliphatic rings. The van der Waals surface area contributed by atoms with E-state index < -0.39 is 30.0 Å². The van der Waals surface area contributed by atoms with E-state index in [0.717, 1.165) is 5.56 Å². The molecule has 0 saturated carbocycles. The minimum Gasteiger partial charge on any atom is -0.444 e. The lowest BCUT2D eigenvalue weighted by molar-refractivity contribution is -0.126. The van der Waals surface area contributed by atoms with E-state index in [1.165, 1.54) is 0 Å². The van der Waals surface area contributed by atoms with E-state index in [2.05, 4.69) is 20.9 Å². The van der Waals surface area contributed by atoms with Gasteiger partial charge in [0, 0.05) is 0 Å². The van der Waals surface area contributed by atoms with E-state index in [1.54, 1.807) is 24.0 Å². The van der Waals surface area contributed by atoms with Gasteiger partial charge in [0.05, 0.1) is 19.2 Å². The number of amides is 1. The highest BCUT2D eigenvalue weighted by molar-refractivity contribution is 9.10. The maximum Gasteiger partial charge on any atom is 0.410 e. The lowest BCUT2D eigenvalue weighted by Crippen LogP contribution is -2.51. The fourth-order valence-corrected chi connectivity index (χ4v) is 3.16. The fourth-order valence-electron chi connectivity index (χ4n) is 2.38. The molecule has 2 rings (SSSR count). The number of rotatable bonds is 2. The van der Waals surface area contributed by atoms with Gasteiger partial charge in [-0.1, -0.05) is 11.6 Å². The van der Waals surface area contributed by atoms with Gasteiger partial charge in [0.25, 0.3) is 0 Å². The quantitative estimate of drug-likeness (QED) is 0.739. The molecular formula is C16H22BrClN2O4. The first-order valence-electron chi connectivity index (χ1n) is 7.69. The number of hydrogen-bond acceptors (Lipinski definition) is 5. The predicted octanol–water partition coefficient (Wildman–Crippen LogP) is 3.56. The van der Waals surface area contributed by atoms with Crippen LogP contribution in [0.1, 0.15) is 39.4 Å². The van der Waals surface area contributed by atoms with Crippen molar-refractivity contribution in [2.45, 2.75) is 51.6 Å². The third-order valence-corrected chi connectivity index (χ3v) is 4.07. The summed E-state index contributed by atoms with van der Waals surface area (Å²) in [6, 6.07) is 3.48. The van der Waals surface area contributed by atoms with Gasteiger partial charge in [0.15, 0.2) is 0 Å². The first kappa shape index (κ1) is 19.4. The summed E-state index contributed by atoms with van der Waals surface area (Å²) in [6.45, 7) is 7.65. The number of aliphatic hydroxyl groups is 1. The standard InChI is InChI=1S/C16H22BrClN2O4/c1-9(21)11-7-20(15(22)24-16(2,3)4)8-12(23-11)10-5-13(17)19-14(18)6-10/h5-6,9,11-12,21H,7-8H2,1-4H3/t9-,11-,12-/m0/s1. The van der Waals surface area contributed by atoms with Gasteiger partial charge in [-0.3, -0.25) is 0 Å². The van der Waals surface area contributed by atoms with Crippen LogP contribution in [0.2, 0.25) is 5.15 Å². The Bertz CT molecular complexity index is 586. The van der Waals surface area contributed by atoms with Crippen LogP contribution in [0.25, 0.3) is 0 Å². The fraction of sp³-hybridized carbons (Fsp3) is 0.625. The summed E-state index contributed by atoms with van der Waals surface area (Å²) < 4.78 is 12.0. The molecular weight excluding hydrogens is 400 g/mol. The van der Waals surface area contributed by atoms with E-state index in [9.17, 15) is 9.90 Å². The molecule has 0 unspecified atom stereocenters. The van der Waals surface area contributed by atoms with E-state index >= 15 is 0 Å². The minimum atomic E-state index is -0.724. The first-order chi connectivity index (χ1) is 11.0. The molecule has 1 amide bonds. The Morgan fingerprint density at radius 3 is 2.71 bits per heavy atom. The molecule has 1 fully saturated rings. The van der Waals surface area contributed by atoms with E-state index in [1.807, 2.05) is 20.8 Å². The second kappa shape index (κ2) is 7.56. The average molecular weight is 422 g/mol. The number of aromatic nitrogens is 1. The van der Waals surface area contributed by atoms with Crippen LogP contribution in [0, 0.1) is 0 Å². The van der Waals surface area contributed by atoms with Gasteiger partial charge in [-0.2, -0.15) is 0 Å². The monoisotopic (exact) mass is 420 g/mol. The zero-order chi connectivity index (χ0) is 18.1. The molecule has 0 radical (unpaired) electrons. The normalized spacial score (nSPS) is 23.0. The van der Waals surface area contributed by atoms with Gasteiger partial charge in [0.2, 0.25) is 0 Å². The highest BCUT2D eigenvalue weighted by atomic mass is 79.9. The van der Waals surface area contributed by atoms with Crippen molar-refractivity contribution in [3.05, 3.63) is 27.5 Å². The Kier molecular flexibility index (Phi) is 6.12. The maximum absolute atomic E-state index is 12.4. The summed E-state index contributed by atoms with van der Waals surface area (Å²) >= 11 is 9.30. The van der Waals surface area contributed by atoms with Crippen molar-refractivity contribution in [3.63, 3.8) is 0 Å². The molecule has 1 aromatic rings. The number of pyridine rings is 1. The van der Waals surface area contributed by atoms with Gasteiger partial charge in [-0.25, -0.2) is 9.78 Å². The third-order valence-electron chi connectivity index (χ3n) is 3.47. The SMILES string of the molecule is C[C@H](O)[C@@H]1CN(C(=O)OC(C)(C)C)C[C@@H](c2cc(Cl)nc(Br)c2)O1. The summed E-state index contributed by atoms with van der Waals surface area (Å²) in [4.78, 5) is 18.0. The predicted molar refractivity (Wildman–Crippen MR) is 94.0 cm³/mol. The number of hydrogen-bond donors (Lipinski definition) is 1. The molecule has 1 N–H and O–H groups in total. The smallest absolute Gasteiger partial charge is 0.410 e. The number of morpholine rings is 1. The number of carbonyl (C=O) groups excluding carboxylic acids is 1. The molecule has 1 saturated heterocycles. The van der Waals surface area contributed by atoms with Crippen LogP contribution in [0.15, 0.2) is 16.7 Å². The number of aliphatic hydroxyl groups excluding tert-OH is 1. The largest absolute Gasteiger partial charge is 0.444 e. The first-order valence-corrected chi connectivity index (χ1v) is 8.86. The summed E-state index contributed by atoms with van der Waals surface area (Å²) in [5.74, 6) is 0. The maximum atomic E-state index is 12.4. The number of halogens is 2. The van der Waals surface area contributed by atoms with E-state index in [-0.39, 0.29) is 6.54 Å². The zero-order valence-electron chi connectivity index (χ0n) is 14.1. The molecule has 2 heterocycles. The molecule has 6 nitrogen and oxygen atoms in total. The second-order valence-electron chi connectivity index (χ2n) is 6.84. The summed E-state index contributed by atoms with van der Waals surface area (Å²) in [6.07, 6.45) is -2.09. The van der Waals surface area contributed by atoms with Crippen LogP contribution in [-0.4, -0.2) is 52.0 Å². The second-order valence-corrected chi connectivity index (χ2v) is 8.03. The summed E-state index contributed by atoms with van der Waals surface area (Å²) in [5.41, 5.74) is 0.189. The van der Waals surface area contributed by atoms with Crippen molar-refractivity contribution in [2.75, 3.05) is 13.1 Å². The molecule has 134 valence electrons. The van der Waals surface area contributed by atoms with Gasteiger partial charge in [-0.15, -0.1) is 0 Å². The number of ether oxygens (including phenoxy) is 2. The molecule has 24 heavy (non-hydrogen) atoms. The minimum absolute atomic E-state index is 0.267. The van der Waals surface area contributed by atoms with Crippen LogP contribution in [0.3, 0.4) is 0 Å². The van der Waals surface area contributed by atoms with Gasteiger partial charge in [0.1, 0.15) is 27.6 Å².